The molecule has 1 unspecified atom stereocenters. The minimum Gasteiger partial charge on any atom is -0.478 e. The van der Waals surface area contributed by atoms with E-state index in [1.807, 2.05) is 30.0 Å². The number of carboxylic acid groups (broad SMARTS) is 1. The highest BCUT2D eigenvalue weighted by Gasteiger charge is 2.08. The summed E-state index contributed by atoms with van der Waals surface area (Å²) in [6.45, 7) is 3.08. The molecule has 0 amide bonds. The van der Waals surface area contributed by atoms with E-state index in [1.165, 1.54) is 11.6 Å². The maximum absolute atomic E-state index is 10.5. The van der Waals surface area contributed by atoms with E-state index in [0.717, 1.165) is 17.9 Å². The Morgan fingerprint density at radius 3 is 2.89 bits per heavy atom. The Hall–Kier alpha value is -1.26. The van der Waals surface area contributed by atoms with Gasteiger partial charge < -0.3 is 5.11 Å². The number of carbonyl (C=O) groups is 1. The predicted octanol–water partition coefficient (Wildman–Crippen LogP) is 2.97. The fourth-order valence-electron chi connectivity index (χ4n) is 1.77. The average molecular weight is 279 g/mol. The maximum Gasteiger partial charge on any atom is 0.328 e. The summed E-state index contributed by atoms with van der Waals surface area (Å²) in [4.78, 5) is 12.8. The normalized spacial score (nSPS) is 13.1. The van der Waals surface area contributed by atoms with Crippen LogP contribution in [0.3, 0.4) is 0 Å². The summed E-state index contributed by atoms with van der Waals surface area (Å²) in [6.07, 6.45) is 4.90. The molecule has 19 heavy (non-hydrogen) atoms. The van der Waals surface area contributed by atoms with E-state index in [4.69, 9.17) is 5.11 Å². The molecule has 0 radical (unpaired) electrons. The highest BCUT2D eigenvalue weighted by molar-refractivity contribution is 7.98. The Bertz CT molecular complexity index is 446. The molecule has 0 heterocycles. The molecule has 0 saturated heterocycles. The Kier molecular flexibility index (Phi) is 6.67. The van der Waals surface area contributed by atoms with Crippen LogP contribution in [0.2, 0.25) is 0 Å². The molecule has 1 rings (SSSR count). The lowest BCUT2D eigenvalue weighted by Crippen LogP contribution is -2.30. The first kappa shape index (κ1) is 15.8. The van der Waals surface area contributed by atoms with Crippen molar-refractivity contribution in [1.82, 2.24) is 4.90 Å². The van der Waals surface area contributed by atoms with Crippen LogP contribution in [0.1, 0.15) is 18.1 Å². The summed E-state index contributed by atoms with van der Waals surface area (Å²) in [7, 11) is 2.11. The molecule has 3 nitrogen and oxygen atoms in total. The molecule has 0 fully saturated rings. The van der Waals surface area contributed by atoms with E-state index in [9.17, 15) is 4.79 Å². The smallest absolute Gasteiger partial charge is 0.328 e. The van der Waals surface area contributed by atoms with Crippen LogP contribution in [-0.2, 0) is 11.3 Å². The van der Waals surface area contributed by atoms with E-state index in [1.54, 1.807) is 6.08 Å². The molecule has 1 N–H and O–H groups in total. The summed E-state index contributed by atoms with van der Waals surface area (Å²) >= 11 is 1.84. The number of hydrogen-bond donors (Lipinski definition) is 1. The van der Waals surface area contributed by atoms with E-state index < -0.39 is 5.97 Å². The molecule has 4 heteroatoms. The summed E-state index contributed by atoms with van der Waals surface area (Å²) in [6, 6.07) is 8.49. The van der Waals surface area contributed by atoms with Gasteiger partial charge in [0.25, 0.3) is 0 Å². The van der Waals surface area contributed by atoms with Gasteiger partial charge in [-0.1, -0.05) is 24.3 Å². The third-order valence-corrected chi connectivity index (χ3v) is 3.78. The molecular weight excluding hydrogens is 258 g/mol. The Labute approximate surface area is 119 Å². The van der Waals surface area contributed by atoms with Gasteiger partial charge in [-0.25, -0.2) is 4.79 Å². The quantitative estimate of drug-likeness (QED) is 0.779. The van der Waals surface area contributed by atoms with Crippen molar-refractivity contribution in [1.29, 1.82) is 0 Å². The van der Waals surface area contributed by atoms with Crippen molar-refractivity contribution in [2.75, 3.05) is 19.1 Å². The lowest BCUT2D eigenvalue weighted by molar-refractivity contribution is -0.131. The largest absolute Gasteiger partial charge is 0.478 e. The molecule has 0 spiro atoms. The zero-order valence-corrected chi connectivity index (χ0v) is 12.5. The van der Waals surface area contributed by atoms with Crippen LogP contribution in [0.5, 0.6) is 0 Å². The van der Waals surface area contributed by atoms with Gasteiger partial charge in [0.2, 0.25) is 0 Å². The highest BCUT2D eigenvalue weighted by Crippen LogP contribution is 2.12. The summed E-state index contributed by atoms with van der Waals surface area (Å²) in [5.74, 6) is 0.186. The first-order valence-corrected chi connectivity index (χ1v) is 7.61. The maximum atomic E-state index is 10.5. The second-order valence-electron chi connectivity index (χ2n) is 4.64. The molecule has 0 aromatic heterocycles. The van der Waals surface area contributed by atoms with E-state index in [2.05, 4.69) is 31.2 Å². The van der Waals surface area contributed by atoms with Crippen molar-refractivity contribution in [3.05, 3.63) is 41.5 Å². The van der Waals surface area contributed by atoms with Crippen molar-refractivity contribution >= 4 is 23.8 Å². The van der Waals surface area contributed by atoms with Gasteiger partial charge in [-0.3, -0.25) is 4.90 Å². The van der Waals surface area contributed by atoms with Crippen molar-refractivity contribution in [3.8, 4) is 0 Å². The Morgan fingerprint density at radius 2 is 2.26 bits per heavy atom. The van der Waals surface area contributed by atoms with Crippen molar-refractivity contribution in [2.24, 2.45) is 0 Å². The highest BCUT2D eigenvalue weighted by atomic mass is 32.2. The number of carboxylic acids is 1. The van der Waals surface area contributed by atoms with Gasteiger partial charge in [0.1, 0.15) is 0 Å². The molecule has 1 aromatic rings. The number of hydrogen-bond acceptors (Lipinski definition) is 3. The molecule has 0 aliphatic rings. The molecule has 0 aliphatic heterocycles. The topological polar surface area (TPSA) is 40.5 Å². The van der Waals surface area contributed by atoms with Crippen LogP contribution in [0.15, 0.2) is 30.3 Å². The zero-order chi connectivity index (χ0) is 14.3. The molecule has 0 saturated carbocycles. The first-order chi connectivity index (χ1) is 9.02. The van der Waals surface area contributed by atoms with E-state index in [0.29, 0.717) is 6.04 Å². The molecule has 0 bridgehead atoms. The standard InChI is InChI=1S/C15H21NO2S/c1-12(11-19-3)16(2)10-14-6-4-5-13(9-14)7-8-15(17)18/h4-9,12H,10-11H2,1-3H3,(H,17,18)/b8-7+. The number of thioether (sulfide) groups is 1. The Morgan fingerprint density at radius 1 is 1.53 bits per heavy atom. The van der Waals surface area contributed by atoms with Crippen molar-refractivity contribution < 1.29 is 9.90 Å². The number of rotatable bonds is 7. The summed E-state index contributed by atoms with van der Waals surface area (Å²) in [5, 5.41) is 8.62. The molecular formula is C15H21NO2S. The fourth-order valence-corrected chi connectivity index (χ4v) is 2.51. The van der Waals surface area contributed by atoms with Crippen LogP contribution in [0.25, 0.3) is 6.08 Å². The number of aliphatic carboxylic acids is 1. The van der Waals surface area contributed by atoms with Crippen molar-refractivity contribution in [2.45, 2.75) is 19.5 Å². The second-order valence-corrected chi connectivity index (χ2v) is 5.55. The fraction of sp³-hybridized carbons (Fsp3) is 0.400. The third kappa shape index (κ3) is 5.94. The lowest BCUT2D eigenvalue weighted by Gasteiger charge is -2.24. The SMILES string of the molecule is CSCC(C)N(C)Cc1cccc(/C=C/C(=O)O)c1. The summed E-state index contributed by atoms with van der Waals surface area (Å²) < 4.78 is 0. The first-order valence-electron chi connectivity index (χ1n) is 6.22. The van der Waals surface area contributed by atoms with Crippen LogP contribution in [0.4, 0.5) is 0 Å². The number of nitrogens with zero attached hydrogens (tertiary/aromatic N) is 1. The van der Waals surface area contributed by atoms with Crippen LogP contribution in [0, 0.1) is 0 Å². The Balaban J connectivity index is 2.69. The average Bonchev–Trinajstić information content (AvgIpc) is 2.37. The monoisotopic (exact) mass is 279 g/mol. The van der Waals surface area contributed by atoms with Gasteiger partial charge in [0.05, 0.1) is 0 Å². The minimum atomic E-state index is -0.920. The third-order valence-electron chi connectivity index (χ3n) is 2.96. The predicted molar refractivity (Wildman–Crippen MR) is 82.4 cm³/mol. The van der Waals surface area contributed by atoms with Crippen LogP contribution < -0.4 is 0 Å². The van der Waals surface area contributed by atoms with Gasteiger partial charge in [-0.2, -0.15) is 11.8 Å². The van der Waals surface area contributed by atoms with Gasteiger partial charge >= 0.3 is 5.97 Å². The van der Waals surface area contributed by atoms with Crippen molar-refractivity contribution in [3.63, 3.8) is 0 Å². The summed E-state index contributed by atoms with van der Waals surface area (Å²) in [5.41, 5.74) is 2.12. The number of benzene rings is 1. The van der Waals surface area contributed by atoms with Gasteiger partial charge in [-0.15, -0.1) is 0 Å². The second kappa shape index (κ2) is 8.02. The van der Waals surface area contributed by atoms with E-state index >= 15 is 0 Å². The van der Waals surface area contributed by atoms with Gasteiger partial charge in [-0.05, 0) is 37.4 Å². The van der Waals surface area contributed by atoms with Crippen LogP contribution >= 0.6 is 11.8 Å². The van der Waals surface area contributed by atoms with Gasteiger partial charge in [0.15, 0.2) is 0 Å². The molecule has 1 atom stereocenters. The zero-order valence-electron chi connectivity index (χ0n) is 11.7. The lowest BCUT2D eigenvalue weighted by atomic mass is 10.1. The van der Waals surface area contributed by atoms with E-state index in [-0.39, 0.29) is 0 Å². The minimum absolute atomic E-state index is 0.521. The molecule has 104 valence electrons. The molecule has 1 aromatic carbocycles. The van der Waals surface area contributed by atoms with Gasteiger partial charge in [0, 0.05) is 24.4 Å². The van der Waals surface area contributed by atoms with Crippen LogP contribution in [-0.4, -0.2) is 41.1 Å². The molecule has 0 aliphatic carbocycles.